The SMILES string of the molecule is CC(CCO)(CCOC(=O)Nc1cc2cc(F)ccc2cn1)C(=O)CCc1cccc(F)c1Cl. The summed E-state index contributed by atoms with van der Waals surface area (Å²) >= 11 is 5.96. The number of ether oxygens (including phenoxy) is 1. The summed E-state index contributed by atoms with van der Waals surface area (Å²) < 4.78 is 32.3. The molecule has 2 N–H and O–H groups in total. The van der Waals surface area contributed by atoms with Crippen LogP contribution in [-0.2, 0) is 16.0 Å². The van der Waals surface area contributed by atoms with Crippen molar-refractivity contribution in [3.05, 3.63) is 70.9 Å². The number of nitrogens with zero attached hydrogens (tertiary/aromatic N) is 1. The van der Waals surface area contributed by atoms with E-state index < -0.39 is 23.1 Å². The number of aryl methyl sites for hydroxylation is 1. The molecule has 0 aliphatic rings. The van der Waals surface area contributed by atoms with Gasteiger partial charge in [-0.15, -0.1) is 0 Å². The highest BCUT2D eigenvalue weighted by Crippen LogP contribution is 2.30. The topological polar surface area (TPSA) is 88.5 Å². The summed E-state index contributed by atoms with van der Waals surface area (Å²) in [6, 6.07) is 10.2. The molecule has 0 bridgehead atoms. The largest absolute Gasteiger partial charge is 0.449 e. The van der Waals surface area contributed by atoms with Gasteiger partial charge in [0.2, 0.25) is 0 Å². The summed E-state index contributed by atoms with van der Waals surface area (Å²) in [4.78, 5) is 29.2. The van der Waals surface area contributed by atoms with Crippen molar-refractivity contribution in [2.24, 2.45) is 5.41 Å². The number of rotatable bonds is 10. The minimum atomic E-state index is -0.937. The van der Waals surface area contributed by atoms with Gasteiger partial charge in [-0.1, -0.05) is 30.7 Å². The van der Waals surface area contributed by atoms with Gasteiger partial charge in [0.1, 0.15) is 23.2 Å². The Bertz CT molecular complexity index is 1190. The number of aromatic nitrogens is 1. The fourth-order valence-corrected chi connectivity index (χ4v) is 3.85. The molecule has 3 rings (SSSR count). The second kappa shape index (κ2) is 11.4. The quantitative estimate of drug-likeness (QED) is 0.381. The van der Waals surface area contributed by atoms with Gasteiger partial charge in [0.15, 0.2) is 0 Å². The maximum atomic E-state index is 13.6. The molecule has 1 unspecified atom stereocenters. The van der Waals surface area contributed by atoms with E-state index in [4.69, 9.17) is 16.3 Å². The summed E-state index contributed by atoms with van der Waals surface area (Å²) in [6.45, 7) is 1.41. The van der Waals surface area contributed by atoms with E-state index in [1.807, 2.05) is 0 Å². The van der Waals surface area contributed by atoms with Gasteiger partial charge >= 0.3 is 6.09 Å². The summed E-state index contributed by atoms with van der Waals surface area (Å²) in [7, 11) is 0. The molecule has 0 spiro atoms. The van der Waals surface area contributed by atoms with Crippen LogP contribution in [0.2, 0.25) is 5.02 Å². The van der Waals surface area contributed by atoms with Crippen LogP contribution in [0.1, 0.15) is 31.7 Å². The second-order valence-electron chi connectivity index (χ2n) is 8.24. The van der Waals surface area contributed by atoms with Gasteiger partial charge in [-0.2, -0.15) is 0 Å². The van der Waals surface area contributed by atoms with E-state index in [9.17, 15) is 23.5 Å². The molecule has 180 valence electrons. The van der Waals surface area contributed by atoms with Crippen molar-refractivity contribution in [3.63, 3.8) is 0 Å². The summed E-state index contributed by atoms with van der Waals surface area (Å²) in [6.07, 6.45) is 1.47. The zero-order chi connectivity index (χ0) is 24.7. The standard InChI is InChI=1S/C25H25ClF2N2O4/c1-25(9-11-31,21(32)8-6-16-3-2-4-20(28)23(16)26)10-12-34-24(33)30-22-14-18-13-19(27)7-5-17(18)15-29-22/h2-5,7,13-15,31H,6,8-12H2,1H3,(H,29,30,33). The Morgan fingerprint density at radius 3 is 2.71 bits per heavy atom. The summed E-state index contributed by atoms with van der Waals surface area (Å²) in [5, 5.41) is 13.2. The van der Waals surface area contributed by atoms with Crippen molar-refractivity contribution in [1.82, 2.24) is 4.98 Å². The van der Waals surface area contributed by atoms with Gasteiger partial charge in [-0.3, -0.25) is 10.1 Å². The Balaban J connectivity index is 1.55. The average molecular weight is 491 g/mol. The third kappa shape index (κ3) is 6.48. The molecule has 9 heteroatoms. The predicted octanol–water partition coefficient (Wildman–Crippen LogP) is 5.70. The van der Waals surface area contributed by atoms with E-state index in [0.29, 0.717) is 10.9 Å². The van der Waals surface area contributed by atoms with E-state index >= 15 is 0 Å². The Kier molecular flexibility index (Phi) is 8.52. The average Bonchev–Trinajstić information content (AvgIpc) is 2.79. The predicted molar refractivity (Wildman–Crippen MR) is 126 cm³/mol. The number of halogens is 3. The Morgan fingerprint density at radius 2 is 1.94 bits per heavy atom. The van der Waals surface area contributed by atoms with Crippen LogP contribution in [0.15, 0.2) is 48.7 Å². The number of carbonyl (C=O) groups excluding carboxylic acids is 2. The van der Waals surface area contributed by atoms with Crippen molar-refractivity contribution in [2.45, 2.75) is 32.6 Å². The number of pyridine rings is 1. The number of nitrogens with one attached hydrogen (secondary N) is 1. The number of amides is 1. The summed E-state index contributed by atoms with van der Waals surface area (Å²) in [5.41, 5.74) is -0.409. The lowest BCUT2D eigenvalue weighted by Gasteiger charge is -2.27. The molecule has 1 aromatic heterocycles. The first-order valence-electron chi connectivity index (χ1n) is 10.8. The van der Waals surface area contributed by atoms with E-state index in [1.165, 1.54) is 36.5 Å². The van der Waals surface area contributed by atoms with Crippen molar-refractivity contribution in [1.29, 1.82) is 0 Å². The fourth-order valence-electron chi connectivity index (χ4n) is 3.63. The molecule has 0 radical (unpaired) electrons. The minimum absolute atomic E-state index is 0.01000. The van der Waals surface area contributed by atoms with Gasteiger partial charge in [0, 0.05) is 30.0 Å². The van der Waals surface area contributed by atoms with Gasteiger partial charge in [-0.05, 0) is 60.5 Å². The third-order valence-electron chi connectivity index (χ3n) is 5.79. The number of benzene rings is 2. The molecule has 0 aliphatic heterocycles. The fraction of sp³-hybridized carbons (Fsp3) is 0.320. The smallest absolute Gasteiger partial charge is 0.412 e. The van der Waals surface area contributed by atoms with Crippen molar-refractivity contribution >= 4 is 40.1 Å². The number of aliphatic hydroxyl groups excluding tert-OH is 1. The lowest BCUT2D eigenvalue weighted by atomic mass is 9.77. The number of ketones is 1. The van der Waals surface area contributed by atoms with Gasteiger partial charge < -0.3 is 9.84 Å². The first-order chi connectivity index (χ1) is 16.2. The Labute approximate surface area is 200 Å². The normalized spacial score (nSPS) is 12.9. The van der Waals surface area contributed by atoms with Crippen LogP contribution in [0.4, 0.5) is 19.4 Å². The number of Topliss-reactive ketones (excluding diaryl/α,β-unsaturated/α-hetero) is 1. The number of hydrogen-bond donors (Lipinski definition) is 2. The molecule has 3 aromatic rings. The van der Waals surface area contributed by atoms with E-state index in [1.54, 1.807) is 19.1 Å². The number of anilines is 1. The van der Waals surface area contributed by atoms with Gasteiger partial charge in [0.25, 0.3) is 0 Å². The van der Waals surface area contributed by atoms with Gasteiger partial charge in [-0.25, -0.2) is 18.6 Å². The molecule has 1 heterocycles. The Morgan fingerprint density at radius 1 is 1.15 bits per heavy atom. The van der Waals surface area contributed by atoms with Crippen LogP contribution in [0, 0.1) is 17.0 Å². The molecule has 0 saturated carbocycles. The second-order valence-corrected chi connectivity index (χ2v) is 8.62. The number of fused-ring (bicyclic) bond motifs is 1. The van der Waals surface area contributed by atoms with Gasteiger partial charge in [0.05, 0.1) is 11.6 Å². The zero-order valence-corrected chi connectivity index (χ0v) is 19.4. The number of hydrogen-bond acceptors (Lipinski definition) is 5. The Hall–Kier alpha value is -3.10. The monoisotopic (exact) mass is 490 g/mol. The number of aliphatic hydroxyl groups is 1. The van der Waals surface area contributed by atoms with Crippen molar-refractivity contribution < 1.29 is 28.2 Å². The molecule has 34 heavy (non-hydrogen) atoms. The minimum Gasteiger partial charge on any atom is -0.449 e. The van der Waals surface area contributed by atoms with E-state index in [-0.39, 0.29) is 55.5 Å². The summed E-state index contributed by atoms with van der Waals surface area (Å²) in [5.74, 6) is -0.900. The molecule has 6 nitrogen and oxygen atoms in total. The molecule has 0 saturated heterocycles. The number of carbonyl (C=O) groups is 2. The first-order valence-corrected chi connectivity index (χ1v) is 11.2. The molecule has 2 aromatic carbocycles. The van der Waals surface area contributed by atoms with Crippen LogP contribution >= 0.6 is 11.6 Å². The van der Waals surface area contributed by atoms with Crippen LogP contribution in [0.25, 0.3) is 10.8 Å². The lowest BCUT2D eigenvalue weighted by molar-refractivity contribution is -0.129. The third-order valence-corrected chi connectivity index (χ3v) is 6.21. The van der Waals surface area contributed by atoms with Crippen molar-refractivity contribution in [2.75, 3.05) is 18.5 Å². The molecular formula is C25H25ClF2N2O4. The van der Waals surface area contributed by atoms with Crippen LogP contribution in [0.5, 0.6) is 0 Å². The van der Waals surface area contributed by atoms with Crippen LogP contribution in [-0.4, -0.2) is 35.2 Å². The van der Waals surface area contributed by atoms with Crippen molar-refractivity contribution in [3.8, 4) is 0 Å². The zero-order valence-electron chi connectivity index (χ0n) is 18.6. The maximum absolute atomic E-state index is 13.6. The molecule has 0 fully saturated rings. The highest BCUT2D eigenvalue weighted by atomic mass is 35.5. The molecule has 1 amide bonds. The van der Waals surface area contributed by atoms with E-state index in [2.05, 4.69) is 10.3 Å². The lowest BCUT2D eigenvalue weighted by Crippen LogP contribution is -2.31. The van der Waals surface area contributed by atoms with Crippen LogP contribution in [0.3, 0.4) is 0 Å². The highest BCUT2D eigenvalue weighted by Gasteiger charge is 2.32. The maximum Gasteiger partial charge on any atom is 0.412 e. The van der Waals surface area contributed by atoms with Crippen LogP contribution < -0.4 is 5.32 Å². The first kappa shape index (κ1) is 25.5. The van der Waals surface area contributed by atoms with E-state index in [0.717, 1.165) is 5.39 Å². The highest BCUT2D eigenvalue weighted by molar-refractivity contribution is 6.31. The molecule has 0 aliphatic carbocycles. The molecular weight excluding hydrogens is 466 g/mol. The molecule has 1 atom stereocenters.